The van der Waals surface area contributed by atoms with Crippen molar-refractivity contribution in [2.24, 2.45) is 0 Å². The highest BCUT2D eigenvalue weighted by Crippen LogP contribution is 2.38. The van der Waals surface area contributed by atoms with E-state index in [4.69, 9.17) is 17.3 Å². The van der Waals surface area contributed by atoms with Gasteiger partial charge in [-0.15, -0.1) is 0 Å². The average molecular weight is 503 g/mol. The number of aromatic nitrogens is 1. The van der Waals surface area contributed by atoms with Gasteiger partial charge in [0.2, 0.25) is 0 Å². The Bertz CT molecular complexity index is 789. The van der Waals surface area contributed by atoms with Crippen molar-refractivity contribution in [3.05, 3.63) is 42.5 Å². The van der Waals surface area contributed by atoms with E-state index in [1.54, 1.807) is 22.6 Å². The van der Waals surface area contributed by atoms with Crippen LogP contribution in [0, 0.1) is 15.2 Å². The molecule has 0 aliphatic heterocycles. The second kappa shape index (κ2) is 6.63. The normalized spacial score (nSPS) is 10.6. The smallest absolute Gasteiger partial charge is 0.358 e. The second-order valence-corrected chi connectivity index (χ2v) is 6.42. The molecule has 2 N–H and O–H groups in total. The average Bonchev–Trinajstić information content (AvgIpc) is 2.48. The summed E-state index contributed by atoms with van der Waals surface area (Å²) in [5.41, 5.74) is 5.28. The van der Waals surface area contributed by atoms with E-state index < -0.39 is 17.6 Å². The maximum atomic E-state index is 14.1. The van der Waals surface area contributed by atoms with Gasteiger partial charge in [0.1, 0.15) is 11.6 Å². The third-order valence-electron chi connectivity index (χ3n) is 2.76. The number of benzene rings is 1. The molecule has 0 radical (unpaired) electrons. The number of nitrogen functional groups attached to an aromatic ring is 1. The van der Waals surface area contributed by atoms with E-state index in [0.717, 1.165) is 19.2 Å². The molecule has 9 heteroatoms. The summed E-state index contributed by atoms with van der Waals surface area (Å²) in [5.74, 6) is -2.17. The lowest BCUT2D eigenvalue weighted by molar-refractivity contribution is 0.0594. The quantitative estimate of drug-likeness (QED) is 0.375. The predicted molar refractivity (Wildman–Crippen MR) is 90.8 cm³/mol. The number of pyridine rings is 1. The number of hydrogen-bond donors (Lipinski definition) is 1. The zero-order chi connectivity index (χ0) is 16.6. The summed E-state index contributed by atoms with van der Waals surface area (Å²) in [4.78, 5) is 15.6. The van der Waals surface area contributed by atoms with Gasteiger partial charge in [-0.05, 0) is 50.7 Å². The summed E-state index contributed by atoms with van der Waals surface area (Å²) in [7, 11) is 1.14. The first-order valence-corrected chi connectivity index (χ1v) is 7.90. The highest BCUT2D eigenvalue weighted by molar-refractivity contribution is 14.1. The standard InChI is InChI=1S/C13H7BrClF2IN2O2/c1-22-13(21)12-9(15)10(19)8(14)11(20-12)4-2-6(17)7(18)3-5(4)16/h2-3H,1H3,(H2,19,20). The van der Waals surface area contributed by atoms with Gasteiger partial charge < -0.3 is 10.5 Å². The summed E-state index contributed by atoms with van der Waals surface area (Å²) < 4.78 is 32.7. The molecule has 0 amide bonds. The van der Waals surface area contributed by atoms with Crippen LogP contribution < -0.4 is 5.73 Å². The number of anilines is 1. The molecule has 2 aromatic rings. The van der Waals surface area contributed by atoms with Gasteiger partial charge in [-0.25, -0.2) is 18.6 Å². The van der Waals surface area contributed by atoms with Gasteiger partial charge in [-0.2, -0.15) is 0 Å². The Balaban J connectivity index is 2.79. The molecule has 0 aliphatic rings. The Morgan fingerprint density at radius 3 is 2.64 bits per heavy atom. The van der Waals surface area contributed by atoms with Crippen molar-refractivity contribution < 1.29 is 18.3 Å². The van der Waals surface area contributed by atoms with Crippen LogP contribution in [0.1, 0.15) is 10.5 Å². The van der Waals surface area contributed by atoms with E-state index in [2.05, 4.69) is 25.7 Å². The molecule has 4 nitrogen and oxygen atoms in total. The molecular formula is C13H7BrClF2IN2O2. The van der Waals surface area contributed by atoms with Gasteiger partial charge in [0.15, 0.2) is 5.69 Å². The van der Waals surface area contributed by atoms with Crippen LogP contribution >= 0.6 is 50.1 Å². The molecule has 0 spiro atoms. The lowest BCUT2D eigenvalue weighted by Gasteiger charge is -2.12. The van der Waals surface area contributed by atoms with E-state index in [1.165, 1.54) is 0 Å². The minimum Gasteiger partial charge on any atom is -0.464 e. The lowest BCUT2D eigenvalue weighted by atomic mass is 10.1. The molecule has 0 saturated heterocycles. The first kappa shape index (κ1) is 17.4. The zero-order valence-electron chi connectivity index (χ0n) is 10.9. The van der Waals surface area contributed by atoms with Crippen LogP contribution in [0.4, 0.5) is 14.5 Å². The van der Waals surface area contributed by atoms with Gasteiger partial charge in [-0.3, -0.25) is 0 Å². The van der Waals surface area contributed by atoms with Crippen molar-refractivity contribution in [3.8, 4) is 11.3 Å². The number of rotatable bonds is 2. The van der Waals surface area contributed by atoms with Crippen molar-refractivity contribution >= 4 is 61.8 Å². The van der Waals surface area contributed by atoms with E-state index >= 15 is 0 Å². The van der Waals surface area contributed by atoms with Crippen molar-refractivity contribution in [1.29, 1.82) is 0 Å². The number of carbonyl (C=O) groups is 1. The molecule has 1 aromatic carbocycles. The Labute approximate surface area is 151 Å². The molecule has 0 unspecified atom stereocenters. The van der Waals surface area contributed by atoms with Gasteiger partial charge >= 0.3 is 5.97 Å². The molecule has 1 heterocycles. The number of methoxy groups -OCH3 is 1. The van der Waals surface area contributed by atoms with E-state index in [9.17, 15) is 13.6 Å². The van der Waals surface area contributed by atoms with Crippen LogP contribution in [-0.2, 0) is 4.74 Å². The van der Waals surface area contributed by atoms with E-state index in [-0.39, 0.29) is 35.7 Å². The van der Waals surface area contributed by atoms with Crippen molar-refractivity contribution in [2.45, 2.75) is 0 Å². The SMILES string of the molecule is COC(=O)c1nc(-c2cc(F)c(I)cc2F)c(Br)c(N)c1Cl. The summed E-state index contributed by atoms with van der Waals surface area (Å²) in [6.07, 6.45) is 0. The van der Waals surface area contributed by atoms with Crippen LogP contribution in [-0.4, -0.2) is 18.1 Å². The first-order valence-electron chi connectivity index (χ1n) is 5.65. The number of carbonyl (C=O) groups excluding carboxylic acids is 1. The maximum Gasteiger partial charge on any atom is 0.358 e. The number of hydrogen-bond acceptors (Lipinski definition) is 4. The van der Waals surface area contributed by atoms with E-state index in [0.29, 0.717) is 0 Å². The molecular weight excluding hydrogens is 496 g/mol. The highest BCUT2D eigenvalue weighted by atomic mass is 127. The zero-order valence-corrected chi connectivity index (χ0v) is 15.4. The first-order chi connectivity index (χ1) is 10.3. The molecule has 116 valence electrons. The van der Waals surface area contributed by atoms with E-state index in [1.807, 2.05) is 0 Å². The summed E-state index contributed by atoms with van der Waals surface area (Å²) >= 11 is 10.7. The molecule has 2 rings (SSSR count). The Hall–Kier alpha value is -1.00. The third kappa shape index (κ3) is 3.04. The molecule has 0 bridgehead atoms. The second-order valence-electron chi connectivity index (χ2n) is 4.09. The molecule has 1 aromatic heterocycles. The summed E-state index contributed by atoms with van der Waals surface area (Å²) in [6, 6.07) is 1.99. The van der Waals surface area contributed by atoms with Gasteiger partial charge in [0.25, 0.3) is 0 Å². The van der Waals surface area contributed by atoms with Crippen LogP contribution in [0.25, 0.3) is 11.3 Å². The van der Waals surface area contributed by atoms with Gasteiger partial charge in [0, 0.05) is 5.56 Å². The summed E-state index contributed by atoms with van der Waals surface area (Å²) in [6.45, 7) is 0. The van der Waals surface area contributed by atoms with Crippen LogP contribution in [0.5, 0.6) is 0 Å². The van der Waals surface area contributed by atoms with Crippen molar-refractivity contribution in [1.82, 2.24) is 4.98 Å². The van der Waals surface area contributed by atoms with Crippen molar-refractivity contribution in [2.75, 3.05) is 12.8 Å². The molecule has 0 aliphatic carbocycles. The third-order valence-corrected chi connectivity index (χ3v) is 4.77. The minimum atomic E-state index is -0.836. The molecule has 0 atom stereocenters. The van der Waals surface area contributed by atoms with Gasteiger partial charge in [-0.1, -0.05) is 11.6 Å². The highest BCUT2D eigenvalue weighted by Gasteiger charge is 2.23. The Morgan fingerprint density at radius 2 is 2.05 bits per heavy atom. The number of halogens is 5. The monoisotopic (exact) mass is 502 g/mol. The Morgan fingerprint density at radius 1 is 1.41 bits per heavy atom. The van der Waals surface area contributed by atoms with Crippen LogP contribution in [0.15, 0.2) is 16.6 Å². The fourth-order valence-electron chi connectivity index (χ4n) is 1.68. The topological polar surface area (TPSA) is 65.2 Å². The fourth-order valence-corrected chi connectivity index (χ4v) is 2.93. The summed E-state index contributed by atoms with van der Waals surface area (Å²) in [5, 5.41) is -0.131. The Kier molecular flexibility index (Phi) is 5.23. The molecule has 0 fully saturated rings. The molecule has 22 heavy (non-hydrogen) atoms. The largest absolute Gasteiger partial charge is 0.464 e. The lowest BCUT2D eigenvalue weighted by Crippen LogP contribution is -2.09. The number of ether oxygens (including phenoxy) is 1. The number of nitrogens with two attached hydrogens (primary N) is 1. The number of esters is 1. The predicted octanol–water partition coefficient (Wildman–Crippen LogP) is 4.42. The fraction of sp³-hybridized carbons (Fsp3) is 0.0769. The maximum absolute atomic E-state index is 14.1. The minimum absolute atomic E-state index is 0.0228. The van der Waals surface area contributed by atoms with Gasteiger partial charge in [0.05, 0.1) is 31.6 Å². The molecule has 0 saturated carbocycles. The van der Waals surface area contributed by atoms with Crippen LogP contribution in [0.2, 0.25) is 5.02 Å². The number of nitrogens with zero attached hydrogens (tertiary/aromatic N) is 1. The van der Waals surface area contributed by atoms with Crippen LogP contribution in [0.3, 0.4) is 0 Å². The van der Waals surface area contributed by atoms with Crippen molar-refractivity contribution in [3.63, 3.8) is 0 Å².